The third-order valence-electron chi connectivity index (χ3n) is 2.51. The highest BCUT2D eigenvalue weighted by atomic mass is 16.2. The molecule has 2 rings (SSSR count). The third-order valence-corrected chi connectivity index (χ3v) is 2.51. The Morgan fingerprint density at radius 1 is 1.40 bits per heavy atom. The molecule has 15 heavy (non-hydrogen) atoms. The summed E-state index contributed by atoms with van der Waals surface area (Å²) in [6.07, 6.45) is 0. The van der Waals surface area contributed by atoms with E-state index >= 15 is 0 Å². The van der Waals surface area contributed by atoms with Crippen LogP contribution in [0, 0.1) is 0 Å². The van der Waals surface area contributed by atoms with E-state index in [1.54, 1.807) is 4.90 Å². The van der Waals surface area contributed by atoms with E-state index in [9.17, 15) is 4.79 Å². The minimum Gasteiger partial charge on any atom is -0.378 e. The lowest BCUT2D eigenvalue weighted by Gasteiger charge is -2.18. The molecule has 0 saturated carbocycles. The van der Waals surface area contributed by atoms with Crippen LogP contribution in [0.5, 0.6) is 0 Å². The van der Waals surface area contributed by atoms with Crippen LogP contribution in [-0.4, -0.2) is 33.2 Å². The Morgan fingerprint density at radius 3 is 2.80 bits per heavy atom. The average Bonchev–Trinajstić information content (AvgIpc) is 2.64. The van der Waals surface area contributed by atoms with Crippen LogP contribution in [0.15, 0.2) is 24.3 Å². The number of benzene rings is 1. The van der Waals surface area contributed by atoms with Gasteiger partial charge in [0, 0.05) is 38.6 Å². The SMILES string of the molecule is CN(C)c1cccc(N2CCNC2=O)c1. The summed E-state index contributed by atoms with van der Waals surface area (Å²) < 4.78 is 0. The number of amides is 2. The minimum atomic E-state index is -0.00842. The maximum Gasteiger partial charge on any atom is 0.321 e. The normalized spacial score (nSPS) is 15.3. The zero-order valence-corrected chi connectivity index (χ0v) is 9.03. The Morgan fingerprint density at radius 2 is 2.20 bits per heavy atom. The first-order valence-electron chi connectivity index (χ1n) is 5.01. The first-order chi connectivity index (χ1) is 7.18. The van der Waals surface area contributed by atoms with Crippen LogP contribution in [0.3, 0.4) is 0 Å². The number of nitrogens with one attached hydrogen (secondary N) is 1. The van der Waals surface area contributed by atoms with Crippen molar-refractivity contribution in [2.24, 2.45) is 0 Å². The summed E-state index contributed by atoms with van der Waals surface area (Å²) in [5, 5.41) is 2.79. The van der Waals surface area contributed by atoms with Crippen LogP contribution in [0.4, 0.5) is 16.2 Å². The minimum absolute atomic E-state index is 0.00842. The quantitative estimate of drug-likeness (QED) is 0.789. The smallest absolute Gasteiger partial charge is 0.321 e. The summed E-state index contributed by atoms with van der Waals surface area (Å²) in [5.41, 5.74) is 2.06. The van der Waals surface area contributed by atoms with Crippen LogP contribution < -0.4 is 15.1 Å². The summed E-state index contributed by atoms with van der Waals surface area (Å²) in [4.78, 5) is 15.2. The van der Waals surface area contributed by atoms with Crippen molar-refractivity contribution >= 4 is 17.4 Å². The van der Waals surface area contributed by atoms with Crippen molar-refractivity contribution in [2.45, 2.75) is 0 Å². The molecule has 1 aliphatic heterocycles. The zero-order chi connectivity index (χ0) is 10.8. The number of carbonyl (C=O) groups excluding carboxylic acids is 1. The van der Waals surface area contributed by atoms with Crippen LogP contribution in [-0.2, 0) is 0 Å². The Bertz CT molecular complexity index is 376. The molecule has 1 N–H and O–H groups in total. The molecular formula is C11H15N3O. The van der Waals surface area contributed by atoms with Crippen molar-refractivity contribution in [1.82, 2.24) is 5.32 Å². The molecule has 1 aromatic carbocycles. The van der Waals surface area contributed by atoms with Gasteiger partial charge in [-0.15, -0.1) is 0 Å². The first kappa shape index (κ1) is 9.83. The molecule has 1 aliphatic rings. The van der Waals surface area contributed by atoms with Crippen LogP contribution >= 0.6 is 0 Å². The largest absolute Gasteiger partial charge is 0.378 e. The van der Waals surface area contributed by atoms with Gasteiger partial charge in [-0.05, 0) is 18.2 Å². The van der Waals surface area contributed by atoms with E-state index in [1.807, 2.05) is 43.3 Å². The molecule has 0 radical (unpaired) electrons. The van der Waals surface area contributed by atoms with E-state index in [2.05, 4.69) is 5.32 Å². The molecule has 0 unspecified atom stereocenters. The van der Waals surface area contributed by atoms with Crippen molar-refractivity contribution in [3.63, 3.8) is 0 Å². The molecule has 4 heteroatoms. The second-order valence-corrected chi connectivity index (χ2v) is 3.80. The molecule has 0 spiro atoms. The van der Waals surface area contributed by atoms with Gasteiger partial charge in [-0.2, -0.15) is 0 Å². The Labute approximate surface area is 89.5 Å². The fourth-order valence-corrected chi connectivity index (χ4v) is 1.66. The monoisotopic (exact) mass is 205 g/mol. The number of urea groups is 1. The second-order valence-electron chi connectivity index (χ2n) is 3.80. The van der Waals surface area contributed by atoms with Crippen LogP contribution in [0.1, 0.15) is 0 Å². The van der Waals surface area contributed by atoms with Gasteiger partial charge in [0.2, 0.25) is 0 Å². The van der Waals surface area contributed by atoms with E-state index in [-0.39, 0.29) is 6.03 Å². The van der Waals surface area contributed by atoms with E-state index in [0.29, 0.717) is 0 Å². The molecular weight excluding hydrogens is 190 g/mol. The Balaban J connectivity index is 2.28. The van der Waals surface area contributed by atoms with Crippen molar-refractivity contribution in [2.75, 3.05) is 37.0 Å². The van der Waals surface area contributed by atoms with E-state index in [1.165, 1.54) is 0 Å². The van der Waals surface area contributed by atoms with Gasteiger partial charge in [0.05, 0.1) is 0 Å². The Hall–Kier alpha value is -1.71. The number of hydrogen-bond donors (Lipinski definition) is 1. The summed E-state index contributed by atoms with van der Waals surface area (Å²) in [7, 11) is 3.98. The van der Waals surface area contributed by atoms with Gasteiger partial charge in [-0.1, -0.05) is 6.07 Å². The lowest BCUT2D eigenvalue weighted by atomic mass is 10.2. The molecule has 1 saturated heterocycles. The van der Waals surface area contributed by atoms with Gasteiger partial charge in [0.1, 0.15) is 0 Å². The van der Waals surface area contributed by atoms with E-state index in [4.69, 9.17) is 0 Å². The summed E-state index contributed by atoms with van der Waals surface area (Å²) in [6, 6.07) is 7.96. The molecule has 80 valence electrons. The number of rotatable bonds is 2. The predicted molar refractivity (Wildman–Crippen MR) is 61.5 cm³/mol. The third kappa shape index (κ3) is 1.88. The summed E-state index contributed by atoms with van der Waals surface area (Å²) >= 11 is 0. The second kappa shape index (κ2) is 3.81. The zero-order valence-electron chi connectivity index (χ0n) is 9.03. The number of carbonyl (C=O) groups is 1. The van der Waals surface area contributed by atoms with Gasteiger partial charge in [0.25, 0.3) is 0 Å². The lowest BCUT2D eigenvalue weighted by Crippen LogP contribution is -2.27. The van der Waals surface area contributed by atoms with Gasteiger partial charge in [-0.25, -0.2) is 4.79 Å². The molecule has 0 aromatic heterocycles. The highest BCUT2D eigenvalue weighted by Gasteiger charge is 2.20. The van der Waals surface area contributed by atoms with Gasteiger partial charge >= 0.3 is 6.03 Å². The highest BCUT2D eigenvalue weighted by molar-refractivity contribution is 5.94. The summed E-state index contributed by atoms with van der Waals surface area (Å²) in [6.45, 7) is 1.47. The molecule has 4 nitrogen and oxygen atoms in total. The fourth-order valence-electron chi connectivity index (χ4n) is 1.66. The average molecular weight is 205 g/mol. The molecule has 1 heterocycles. The molecule has 1 aromatic rings. The Kier molecular flexibility index (Phi) is 2.49. The van der Waals surface area contributed by atoms with Crippen LogP contribution in [0.2, 0.25) is 0 Å². The van der Waals surface area contributed by atoms with Gasteiger partial charge in [-0.3, -0.25) is 4.90 Å². The highest BCUT2D eigenvalue weighted by Crippen LogP contribution is 2.22. The number of hydrogen-bond acceptors (Lipinski definition) is 2. The van der Waals surface area contributed by atoms with Gasteiger partial charge in [0.15, 0.2) is 0 Å². The first-order valence-corrected chi connectivity index (χ1v) is 5.01. The van der Waals surface area contributed by atoms with Crippen molar-refractivity contribution in [1.29, 1.82) is 0 Å². The predicted octanol–water partition coefficient (Wildman–Crippen LogP) is 1.28. The standard InChI is InChI=1S/C11H15N3O/c1-13(2)9-4-3-5-10(8-9)14-7-6-12-11(14)15/h3-5,8H,6-7H2,1-2H3,(H,12,15). The van der Waals surface area contributed by atoms with Crippen molar-refractivity contribution in [3.05, 3.63) is 24.3 Å². The molecule has 0 bridgehead atoms. The maximum absolute atomic E-state index is 11.5. The molecule has 0 aliphatic carbocycles. The lowest BCUT2D eigenvalue weighted by molar-refractivity contribution is 0.252. The molecule has 0 atom stereocenters. The van der Waals surface area contributed by atoms with E-state index < -0.39 is 0 Å². The van der Waals surface area contributed by atoms with E-state index in [0.717, 1.165) is 24.5 Å². The number of nitrogens with zero attached hydrogens (tertiary/aromatic N) is 2. The van der Waals surface area contributed by atoms with Crippen molar-refractivity contribution in [3.8, 4) is 0 Å². The fraction of sp³-hybridized carbons (Fsp3) is 0.364. The topological polar surface area (TPSA) is 35.6 Å². The van der Waals surface area contributed by atoms with Crippen LogP contribution in [0.25, 0.3) is 0 Å². The van der Waals surface area contributed by atoms with Gasteiger partial charge < -0.3 is 10.2 Å². The maximum atomic E-state index is 11.5. The summed E-state index contributed by atoms with van der Waals surface area (Å²) in [5.74, 6) is 0. The molecule has 2 amide bonds. The molecule has 1 fully saturated rings. The number of anilines is 2. The van der Waals surface area contributed by atoms with Crippen molar-refractivity contribution < 1.29 is 4.79 Å².